The quantitative estimate of drug-likeness (QED) is 0.653. The van der Waals surface area contributed by atoms with E-state index in [1.165, 1.54) is 0 Å². The van der Waals surface area contributed by atoms with Crippen LogP contribution in [-0.2, 0) is 0 Å². The Morgan fingerprint density at radius 3 is 3.08 bits per heavy atom. The van der Waals surface area contributed by atoms with Crippen LogP contribution in [0.25, 0.3) is 6.08 Å². The first kappa shape index (κ1) is 8.05. The SMILES string of the molecule is C=Cc1ccc2c(c1)C(=O)CCO2. The molecule has 1 aliphatic rings. The smallest absolute Gasteiger partial charge is 0.170 e. The first-order valence-electron chi connectivity index (χ1n) is 4.24. The average Bonchev–Trinajstić information content (AvgIpc) is 2.18. The molecule has 0 saturated carbocycles. The van der Waals surface area contributed by atoms with Gasteiger partial charge in [0.1, 0.15) is 5.75 Å². The fourth-order valence-corrected chi connectivity index (χ4v) is 1.41. The van der Waals surface area contributed by atoms with Crippen molar-refractivity contribution in [2.75, 3.05) is 6.61 Å². The van der Waals surface area contributed by atoms with E-state index in [1.54, 1.807) is 6.08 Å². The lowest BCUT2D eigenvalue weighted by atomic mass is 10.0. The molecule has 0 aromatic heterocycles. The minimum absolute atomic E-state index is 0.157. The number of carbonyl (C=O) groups is 1. The molecule has 0 unspecified atom stereocenters. The summed E-state index contributed by atoms with van der Waals surface area (Å²) in [5.74, 6) is 0.854. The highest BCUT2D eigenvalue weighted by molar-refractivity contribution is 6.00. The Hall–Kier alpha value is -1.57. The molecule has 0 fully saturated rings. The van der Waals surface area contributed by atoms with Gasteiger partial charge in [-0.3, -0.25) is 4.79 Å². The molecule has 0 atom stereocenters. The zero-order chi connectivity index (χ0) is 9.26. The molecule has 1 aromatic rings. The molecule has 2 rings (SSSR count). The van der Waals surface area contributed by atoms with Gasteiger partial charge in [-0.05, 0) is 17.7 Å². The van der Waals surface area contributed by atoms with Crippen molar-refractivity contribution >= 4 is 11.9 Å². The first-order valence-corrected chi connectivity index (χ1v) is 4.24. The van der Waals surface area contributed by atoms with Crippen molar-refractivity contribution < 1.29 is 9.53 Å². The number of ether oxygens (including phenoxy) is 1. The average molecular weight is 174 g/mol. The van der Waals surface area contributed by atoms with E-state index in [9.17, 15) is 4.79 Å². The predicted octanol–water partition coefficient (Wildman–Crippen LogP) is 2.29. The Labute approximate surface area is 76.8 Å². The van der Waals surface area contributed by atoms with Crippen LogP contribution in [-0.4, -0.2) is 12.4 Å². The van der Waals surface area contributed by atoms with Crippen LogP contribution >= 0.6 is 0 Å². The molecular formula is C11H10O2. The number of Topliss-reactive ketones (excluding diaryl/α,β-unsaturated/α-hetero) is 1. The van der Waals surface area contributed by atoms with Crippen LogP contribution < -0.4 is 4.74 Å². The van der Waals surface area contributed by atoms with Crippen LogP contribution in [0.15, 0.2) is 24.8 Å². The summed E-state index contributed by atoms with van der Waals surface area (Å²) in [6, 6.07) is 5.54. The molecule has 13 heavy (non-hydrogen) atoms. The third-order valence-electron chi connectivity index (χ3n) is 2.13. The molecule has 0 radical (unpaired) electrons. The fraction of sp³-hybridized carbons (Fsp3) is 0.182. The van der Waals surface area contributed by atoms with Crippen LogP contribution in [0.2, 0.25) is 0 Å². The molecule has 0 aliphatic carbocycles. The van der Waals surface area contributed by atoms with Crippen molar-refractivity contribution in [2.45, 2.75) is 6.42 Å². The Bertz CT molecular complexity index is 366. The maximum absolute atomic E-state index is 11.4. The van der Waals surface area contributed by atoms with Crippen molar-refractivity contribution in [1.29, 1.82) is 0 Å². The van der Waals surface area contributed by atoms with Gasteiger partial charge in [0, 0.05) is 6.42 Å². The van der Waals surface area contributed by atoms with Gasteiger partial charge in [0.15, 0.2) is 5.78 Å². The molecular weight excluding hydrogens is 164 g/mol. The number of rotatable bonds is 1. The van der Waals surface area contributed by atoms with Gasteiger partial charge < -0.3 is 4.74 Å². The zero-order valence-corrected chi connectivity index (χ0v) is 7.25. The van der Waals surface area contributed by atoms with Crippen LogP contribution in [0, 0.1) is 0 Å². The third-order valence-corrected chi connectivity index (χ3v) is 2.13. The summed E-state index contributed by atoms with van der Waals surface area (Å²) >= 11 is 0. The molecule has 1 aromatic carbocycles. The van der Waals surface area contributed by atoms with Gasteiger partial charge in [-0.1, -0.05) is 18.7 Å². The van der Waals surface area contributed by atoms with Crippen LogP contribution in [0.1, 0.15) is 22.3 Å². The van der Waals surface area contributed by atoms with Gasteiger partial charge >= 0.3 is 0 Å². The molecule has 1 heterocycles. The van der Waals surface area contributed by atoms with Gasteiger partial charge in [0.25, 0.3) is 0 Å². The molecule has 0 N–H and O–H groups in total. The molecule has 0 spiro atoms. The minimum atomic E-state index is 0.157. The lowest BCUT2D eigenvalue weighted by Gasteiger charge is -2.16. The summed E-state index contributed by atoms with van der Waals surface area (Å²) in [6.07, 6.45) is 2.20. The Balaban J connectivity index is 2.53. The number of benzene rings is 1. The lowest BCUT2D eigenvalue weighted by molar-refractivity contribution is 0.0933. The predicted molar refractivity (Wildman–Crippen MR) is 51.0 cm³/mol. The fourth-order valence-electron chi connectivity index (χ4n) is 1.41. The standard InChI is InChI=1S/C11H10O2/c1-2-8-3-4-11-9(7-8)10(12)5-6-13-11/h2-4,7H,1,5-6H2. The van der Waals surface area contributed by atoms with E-state index < -0.39 is 0 Å². The molecule has 1 aliphatic heterocycles. The molecule has 66 valence electrons. The number of carbonyl (C=O) groups excluding carboxylic acids is 1. The van der Waals surface area contributed by atoms with E-state index in [-0.39, 0.29) is 5.78 Å². The number of ketones is 1. The monoisotopic (exact) mass is 174 g/mol. The summed E-state index contributed by atoms with van der Waals surface area (Å²) < 4.78 is 5.34. The van der Waals surface area contributed by atoms with Crippen molar-refractivity contribution in [3.8, 4) is 5.75 Å². The second-order valence-electron chi connectivity index (χ2n) is 2.98. The summed E-state index contributed by atoms with van der Waals surface area (Å²) in [5, 5.41) is 0. The normalized spacial score (nSPS) is 14.6. The van der Waals surface area contributed by atoms with E-state index in [2.05, 4.69) is 6.58 Å². The molecule has 2 heteroatoms. The van der Waals surface area contributed by atoms with Crippen LogP contribution in [0.3, 0.4) is 0 Å². The van der Waals surface area contributed by atoms with Gasteiger partial charge in [0.05, 0.1) is 12.2 Å². The van der Waals surface area contributed by atoms with Gasteiger partial charge in [-0.2, -0.15) is 0 Å². The molecule has 2 nitrogen and oxygen atoms in total. The summed E-state index contributed by atoms with van der Waals surface area (Å²) in [4.78, 5) is 11.4. The van der Waals surface area contributed by atoms with Crippen LogP contribution in [0.5, 0.6) is 5.75 Å². The maximum Gasteiger partial charge on any atom is 0.170 e. The van der Waals surface area contributed by atoms with Gasteiger partial charge in [0.2, 0.25) is 0 Å². The van der Waals surface area contributed by atoms with Crippen molar-refractivity contribution in [3.05, 3.63) is 35.9 Å². The number of fused-ring (bicyclic) bond motifs is 1. The van der Waals surface area contributed by atoms with E-state index >= 15 is 0 Å². The van der Waals surface area contributed by atoms with E-state index in [4.69, 9.17) is 4.74 Å². The van der Waals surface area contributed by atoms with Gasteiger partial charge in [-0.15, -0.1) is 0 Å². The summed E-state index contributed by atoms with van der Waals surface area (Å²) in [7, 11) is 0. The zero-order valence-electron chi connectivity index (χ0n) is 7.25. The maximum atomic E-state index is 11.4. The van der Waals surface area contributed by atoms with Crippen LogP contribution in [0.4, 0.5) is 0 Å². The summed E-state index contributed by atoms with van der Waals surface area (Å²) in [6.45, 7) is 4.15. The Morgan fingerprint density at radius 2 is 2.31 bits per heavy atom. The lowest BCUT2D eigenvalue weighted by Crippen LogP contribution is -2.15. The highest BCUT2D eigenvalue weighted by atomic mass is 16.5. The highest BCUT2D eigenvalue weighted by Gasteiger charge is 2.17. The van der Waals surface area contributed by atoms with Gasteiger partial charge in [-0.25, -0.2) is 0 Å². The van der Waals surface area contributed by atoms with Crippen molar-refractivity contribution in [1.82, 2.24) is 0 Å². The Morgan fingerprint density at radius 1 is 1.46 bits per heavy atom. The first-order chi connectivity index (χ1) is 6.31. The molecule has 0 saturated heterocycles. The highest BCUT2D eigenvalue weighted by Crippen LogP contribution is 2.25. The largest absolute Gasteiger partial charge is 0.492 e. The summed E-state index contributed by atoms with van der Waals surface area (Å²) in [5.41, 5.74) is 1.64. The van der Waals surface area contributed by atoms with E-state index in [1.807, 2.05) is 18.2 Å². The number of hydrogen-bond donors (Lipinski definition) is 0. The Kier molecular flexibility index (Phi) is 1.89. The third kappa shape index (κ3) is 1.35. The second-order valence-corrected chi connectivity index (χ2v) is 2.98. The van der Waals surface area contributed by atoms with E-state index in [0.29, 0.717) is 24.3 Å². The van der Waals surface area contributed by atoms with Crippen molar-refractivity contribution in [2.24, 2.45) is 0 Å². The minimum Gasteiger partial charge on any atom is -0.492 e. The van der Waals surface area contributed by atoms with E-state index in [0.717, 1.165) is 5.56 Å². The topological polar surface area (TPSA) is 26.3 Å². The number of hydrogen-bond acceptors (Lipinski definition) is 2. The molecule has 0 bridgehead atoms. The van der Waals surface area contributed by atoms with Crippen molar-refractivity contribution in [3.63, 3.8) is 0 Å². The second kappa shape index (κ2) is 3.05. The molecule has 0 amide bonds.